The fourth-order valence-corrected chi connectivity index (χ4v) is 8.74. The molecule has 4 heteroatoms. The van der Waals surface area contributed by atoms with Crippen LogP contribution in [0.25, 0.3) is 0 Å². The summed E-state index contributed by atoms with van der Waals surface area (Å²) < 4.78 is 11.8. The van der Waals surface area contributed by atoms with Crippen molar-refractivity contribution in [2.45, 2.75) is 88.9 Å². The van der Waals surface area contributed by atoms with Crippen LogP contribution in [0.5, 0.6) is 0 Å². The van der Waals surface area contributed by atoms with Crippen molar-refractivity contribution in [3.63, 3.8) is 0 Å². The summed E-state index contributed by atoms with van der Waals surface area (Å²) in [6, 6.07) is 3.55. The molecule has 0 radical (unpaired) electrons. The van der Waals surface area contributed by atoms with Gasteiger partial charge in [0.1, 0.15) is 5.60 Å². The Hall–Kier alpha value is -1.13. The highest BCUT2D eigenvalue weighted by Gasteiger charge is 2.80. The Kier molecular flexibility index (Phi) is 3.49. The summed E-state index contributed by atoms with van der Waals surface area (Å²) in [4.78, 5) is 11.4. The molecule has 2 unspecified atom stereocenters. The third-order valence-electron chi connectivity index (χ3n) is 10.2. The van der Waals surface area contributed by atoms with Gasteiger partial charge in [-0.15, -0.1) is 0 Å². The van der Waals surface area contributed by atoms with Gasteiger partial charge in [0.15, 0.2) is 0 Å². The number of hydrogen-bond acceptors (Lipinski definition) is 4. The summed E-state index contributed by atoms with van der Waals surface area (Å²) >= 11 is 0. The van der Waals surface area contributed by atoms with Crippen LogP contribution in [0, 0.1) is 28.6 Å². The van der Waals surface area contributed by atoms with Crippen molar-refractivity contribution in [1.29, 1.82) is 0 Å². The second-order valence-electron chi connectivity index (χ2n) is 11.0. The summed E-state index contributed by atoms with van der Waals surface area (Å²) in [5.41, 5.74) is 1.44. The molecule has 4 aliphatic carbocycles. The monoisotopic (exact) mass is 384 g/mol. The van der Waals surface area contributed by atoms with Gasteiger partial charge in [0.05, 0.1) is 18.5 Å². The van der Waals surface area contributed by atoms with Gasteiger partial charge in [0.25, 0.3) is 0 Å². The maximum atomic E-state index is 11.4. The summed E-state index contributed by atoms with van der Waals surface area (Å²) in [6.45, 7) is 4.97. The fourth-order valence-electron chi connectivity index (χ4n) is 8.74. The normalized spacial score (nSPS) is 54.2. The van der Waals surface area contributed by atoms with Crippen LogP contribution in [0.3, 0.4) is 0 Å². The van der Waals surface area contributed by atoms with Crippen molar-refractivity contribution in [2.75, 3.05) is 0 Å². The van der Waals surface area contributed by atoms with Gasteiger partial charge in [0, 0.05) is 11.5 Å². The number of aliphatic hydroxyl groups is 1. The van der Waals surface area contributed by atoms with Crippen molar-refractivity contribution < 1.29 is 14.3 Å². The SMILES string of the molecule is C[C@]12CC[C@@H](O)CC1CC[C@@H]1C2CC[C@]2(C)[C@@H](c3ccc(=O)oc3)C[C@H]3O[C@]132. The Morgan fingerprint density at radius 2 is 1.89 bits per heavy atom. The van der Waals surface area contributed by atoms with Crippen molar-refractivity contribution >= 4 is 0 Å². The van der Waals surface area contributed by atoms with Crippen LogP contribution >= 0.6 is 0 Å². The Morgan fingerprint density at radius 3 is 2.68 bits per heavy atom. The van der Waals surface area contributed by atoms with Crippen molar-refractivity contribution in [2.24, 2.45) is 28.6 Å². The van der Waals surface area contributed by atoms with Crippen LogP contribution in [0.1, 0.15) is 76.7 Å². The molecule has 5 fully saturated rings. The van der Waals surface area contributed by atoms with E-state index in [9.17, 15) is 9.90 Å². The maximum absolute atomic E-state index is 11.4. The van der Waals surface area contributed by atoms with E-state index in [-0.39, 0.29) is 22.7 Å². The molecule has 0 aromatic carbocycles. The van der Waals surface area contributed by atoms with E-state index < -0.39 is 0 Å². The minimum Gasteiger partial charge on any atom is -0.431 e. The molecule has 1 saturated heterocycles. The molecule has 2 heterocycles. The molecule has 0 bridgehead atoms. The fraction of sp³-hybridized carbons (Fsp3) is 0.792. The van der Waals surface area contributed by atoms with E-state index >= 15 is 0 Å². The number of epoxide rings is 1. The summed E-state index contributed by atoms with van der Waals surface area (Å²) in [5, 5.41) is 10.2. The van der Waals surface area contributed by atoms with E-state index in [2.05, 4.69) is 13.8 Å². The predicted molar refractivity (Wildman–Crippen MR) is 105 cm³/mol. The second-order valence-corrected chi connectivity index (χ2v) is 11.0. The Balaban J connectivity index is 1.36. The molecule has 1 aliphatic heterocycles. The van der Waals surface area contributed by atoms with Crippen molar-refractivity contribution in [3.05, 3.63) is 34.4 Å². The van der Waals surface area contributed by atoms with Gasteiger partial charge < -0.3 is 14.3 Å². The van der Waals surface area contributed by atoms with Gasteiger partial charge in [-0.1, -0.05) is 13.8 Å². The van der Waals surface area contributed by atoms with Gasteiger partial charge in [-0.3, -0.25) is 0 Å². The van der Waals surface area contributed by atoms with Crippen LogP contribution in [0.15, 0.2) is 27.6 Å². The number of ether oxygens (including phenoxy) is 1. The highest BCUT2D eigenvalue weighted by Crippen LogP contribution is 2.77. The Bertz CT molecular complexity index is 842. The summed E-state index contributed by atoms with van der Waals surface area (Å²) in [6.07, 6.45) is 11.1. The molecule has 4 nitrogen and oxygen atoms in total. The smallest absolute Gasteiger partial charge is 0.335 e. The van der Waals surface area contributed by atoms with E-state index in [1.807, 2.05) is 6.07 Å². The van der Waals surface area contributed by atoms with Crippen LogP contribution in [-0.4, -0.2) is 22.9 Å². The molecule has 1 aromatic rings. The molecule has 1 aromatic heterocycles. The molecule has 9 atom stereocenters. The summed E-state index contributed by atoms with van der Waals surface area (Å²) in [7, 11) is 0. The first-order valence-electron chi connectivity index (χ1n) is 11.3. The maximum Gasteiger partial charge on any atom is 0.335 e. The lowest BCUT2D eigenvalue weighted by molar-refractivity contribution is -0.139. The first-order valence-corrected chi connectivity index (χ1v) is 11.3. The molecule has 6 rings (SSSR count). The molecular formula is C24H32O4. The largest absolute Gasteiger partial charge is 0.431 e. The first kappa shape index (κ1) is 17.7. The Morgan fingerprint density at radius 1 is 1.04 bits per heavy atom. The van der Waals surface area contributed by atoms with E-state index in [1.54, 1.807) is 12.3 Å². The molecule has 4 saturated carbocycles. The third kappa shape index (κ3) is 2.01. The zero-order chi connectivity index (χ0) is 19.3. The van der Waals surface area contributed by atoms with Gasteiger partial charge in [-0.25, -0.2) is 4.79 Å². The number of hydrogen-bond donors (Lipinski definition) is 1. The molecule has 152 valence electrons. The zero-order valence-electron chi connectivity index (χ0n) is 17.0. The minimum atomic E-state index is -0.266. The van der Waals surface area contributed by atoms with Gasteiger partial charge in [-0.05, 0) is 92.1 Å². The average molecular weight is 385 g/mol. The van der Waals surface area contributed by atoms with Crippen LogP contribution < -0.4 is 5.63 Å². The van der Waals surface area contributed by atoms with Gasteiger partial charge in [0.2, 0.25) is 0 Å². The molecule has 28 heavy (non-hydrogen) atoms. The van der Waals surface area contributed by atoms with E-state index in [0.717, 1.165) is 25.2 Å². The second kappa shape index (κ2) is 5.51. The molecular weight excluding hydrogens is 352 g/mol. The van der Waals surface area contributed by atoms with Gasteiger partial charge >= 0.3 is 5.63 Å². The zero-order valence-corrected chi connectivity index (χ0v) is 17.0. The highest BCUT2D eigenvalue weighted by molar-refractivity contribution is 5.35. The lowest BCUT2D eigenvalue weighted by Gasteiger charge is -2.61. The average Bonchev–Trinajstić information content (AvgIpc) is 3.33. The van der Waals surface area contributed by atoms with Gasteiger partial charge in [-0.2, -0.15) is 0 Å². The topological polar surface area (TPSA) is 63.0 Å². The van der Waals surface area contributed by atoms with E-state index in [0.29, 0.717) is 29.3 Å². The lowest BCUT2D eigenvalue weighted by atomic mass is 9.44. The first-order chi connectivity index (χ1) is 13.4. The summed E-state index contributed by atoms with van der Waals surface area (Å²) in [5.74, 6) is 2.48. The van der Waals surface area contributed by atoms with Crippen molar-refractivity contribution in [1.82, 2.24) is 0 Å². The highest BCUT2D eigenvalue weighted by atomic mass is 16.6. The third-order valence-corrected chi connectivity index (χ3v) is 10.2. The molecule has 5 aliphatic rings. The lowest BCUT2D eigenvalue weighted by Crippen LogP contribution is -2.58. The van der Waals surface area contributed by atoms with E-state index in [1.165, 1.54) is 37.7 Å². The van der Waals surface area contributed by atoms with Crippen LogP contribution in [-0.2, 0) is 4.74 Å². The quantitative estimate of drug-likeness (QED) is 0.735. The molecule has 0 amide bonds. The standard InChI is InChI=1S/C24H32O4/c1-22-9-7-16(25)11-15(22)4-5-18-17(22)8-10-23(2)19(12-20-24(18,23)28-20)14-3-6-21(26)27-13-14/h3,6,13,15-20,25H,4-5,7-12H2,1-2H3/t15?,16-,17?,18-,19-,20-,22+,23-,24-/m1/s1. The van der Waals surface area contributed by atoms with E-state index in [4.69, 9.17) is 9.15 Å². The number of aliphatic hydroxyl groups excluding tert-OH is 1. The number of rotatable bonds is 1. The van der Waals surface area contributed by atoms with Crippen LogP contribution in [0.2, 0.25) is 0 Å². The number of fused-ring (bicyclic) bond motifs is 3. The van der Waals surface area contributed by atoms with Crippen LogP contribution in [0.4, 0.5) is 0 Å². The predicted octanol–water partition coefficient (Wildman–Crippen LogP) is 4.26. The minimum absolute atomic E-state index is 0.0285. The molecule has 1 spiro atoms. The Labute approximate surface area is 166 Å². The van der Waals surface area contributed by atoms with Crippen molar-refractivity contribution in [3.8, 4) is 0 Å². The molecule has 1 N–H and O–H groups in total.